The van der Waals surface area contributed by atoms with Gasteiger partial charge in [-0.25, -0.2) is 0 Å². The van der Waals surface area contributed by atoms with Crippen molar-refractivity contribution in [1.82, 2.24) is 5.32 Å². The van der Waals surface area contributed by atoms with Gasteiger partial charge in [0.1, 0.15) is 0 Å². The standard InChI is InChI=1S/C23H28N2O/c1-17-9-11-20(12-10-17)25-15-13-19(14-16-25)23(26)24-22-8-4-6-18-5-2-3-7-21(18)22/h2-3,5,7,9-12,19,22H,4,6,8,13-16H2,1H3,(H,24,26). The predicted molar refractivity (Wildman–Crippen MR) is 106 cm³/mol. The third kappa shape index (κ3) is 3.62. The molecule has 0 spiro atoms. The lowest BCUT2D eigenvalue weighted by Gasteiger charge is -2.34. The Labute approximate surface area is 156 Å². The SMILES string of the molecule is Cc1ccc(N2CCC(C(=O)NC3CCCc4ccccc43)CC2)cc1. The van der Waals surface area contributed by atoms with Gasteiger partial charge in [0.2, 0.25) is 5.91 Å². The lowest BCUT2D eigenvalue weighted by atomic mass is 9.87. The summed E-state index contributed by atoms with van der Waals surface area (Å²) in [7, 11) is 0. The summed E-state index contributed by atoms with van der Waals surface area (Å²) < 4.78 is 0. The molecule has 1 aliphatic heterocycles. The molecule has 3 nitrogen and oxygen atoms in total. The molecule has 2 aromatic rings. The molecule has 1 saturated heterocycles. The molecule has 1 amide bonds. The van der Waals surface area contributed by atoms with E-state index < -0.39 is 0 Å². The molecular weight excluding hydrogens is 320 g/mol. The number of fused-ring (bicyclic) bond motifs is 1. The van der Waals surface area contributed by atoms with E-state index in [4.69, 9.17) is 0 Å². The smallest absolute Gasteiger partial charge is 0.223 e. The molecule has 1 N–H and O–H groups in total. The molecule has 3 heteroatoms. The summed E-state index contributed by atoms with van der Waals surface area (Å²) in [5.74, 6) is 0.390. The van der Waals surface area contributed by atoms with E-state index in [1.165, 1.54) is 22.4 Å². The normalized spacial score (nSPS) is 20.5. The molecule has 1 aliphatic carbocycles. The van der Waals surface area contributed by atoms with Crippen molar-refractivity contribution in [3.63, 3.8) is 0 Å². The Morgan fingerprint density at radius 2 is 1.73 bits per heavy atom. The molecule has 1 atom stereocenters. The highest BCUT2D eigenvalue weighted by atomic mass is 16.1. The van der Waals surface area contributed by atoms with Crippen LogP contribution in [0.25, 0.3) is 0 Å². The van der Waals surface area contributed by atoms with Crippen LogP contribution in [0.15, 0.2) is 48.5 Å². The quantitative estimate of drug-likeness (QED) is 0.891. The minimum absolute atomic E-state index is 0.144. The third-order valence-corrected chi connectivity index (χ3v) is 5.95. The molecule has 4 rings (SSSR count). The van der Waals surface area contributed by atoms with E-state index in [-0.39, 0.29) is 17.9 Å². The lowest BCUT2D eigenvalue weighted by molar-refractivity contribution is -0.126. The van der Waals surface area contributed by atoms with Gasteiger partial charge in [0.15, 0.2) is 0 Å². The Hall–Kier alpha value is -2.29. The van der Waals surface area contributed by atoms with Gasteiger partial charge in [-0.1, -0.05) is 42.0 Å². The molecule has 0 saturated carbocycles. The van der Waals surface area contributed by atoms with Crippen LogP contribution in [-0.4, -0.2) is 19.0 Å². The van der Waals surface area contributed by atoms with Gasteiger partial charge in [-0.15, -0.1) is 0 Å². The maximum atomic E-state index is 12.8. The molecule has 1 fully saturated rings. The van der Waals surface area contributed by atoms with Gasteiger partial charge < -0.3 is 10.2 Å². The minimum Gasteiger partial charge on any atom is -0.371 e. The molecule has 1 unspecified atom stereocenters. The molecule has 26 heavy (non-hydrogen) atoms. The highest BCUT2D eigenvalue weighted by molar-refractivity contribution is 5.79. The van der Waals surface area contributed by atoms with Crippen molar-refractivity contribution in [2.75, 3.05) is 18.0 Å². The van der Waals surface area contributed by atoms with E-state index in [0.717, 1.165) is 45.2 Å². The van der Waals surface area contributed by atoms with Gasteiger partial charge in [-0.2, -0.15) is 0 Å². The number of piperidine rings is 1. The van der Waals surface area contributed by atoms with Gasteiger partial charge >= 0.3 is 0 Å². The summed E-state index contributed by atoms with van der Waals surface area (Å²) in [5, 5.41) is 3.35. The Morgan fingerprint density at radius 1 is 1.00 bits per heavy atom. The number of benzene rings is 2. The molecule has 0 aromatic heterocycles. The maximum Gasteiger partial charge on any atom is 0.223 e. The fraction of sp³-hybridized carbons (Fsp3) is 0.435. The zero-order valence-electron chi connectivity index (χ0n) is 15.6. The van der Waals surface area contributed by atoms with Gasteiger partial charge in [0, 0.05) is 24.7 Å². The largest absolute Gasteiger partial charge is 0.371 e. The van der Waals surface area contributed by atoms with Crippen molar-refractivity contribution in [2.24, 2.45) is 5.92 Å². The van der Waals surface area contributed by atoms with E-state index in [1.54, 1.807) is 0 Å². The number of carbonyl (C=O) groups is 1. The van der Waals surface area contributed by atoms with Crippen LogP contribution in [0.4, 0.5) is 5.69 Å². The maximum absolute atomic E-state index is 12.8. The first-order valence-corrected chi connectivity index (χ1v) is 9.90. The Balaban J connectivity index is 1.35. The number of amides is 1. The van der Waals surface area contributed by atoms with E-state index in [2.05, 4.69) is 65.7 Å². The zero-order valence-corrected chi connectivity index (χ0v) is 15.6. The topological polar surface area (TPSA) is 32.3 Å². The minimum atomic E-state index is 0.144. The van der Waals surface area contributed by atoms with E-state index >= 15 is 0 Å². The van der Waals surface area contributed by atoms with Crippen molar-refractivity contribution in [3.05, 3.63) is 65.2 Å². The number of aryl methyl sites for hydroxylation is 2. The van der Waals surface area contributed by atoms with Crippen molar-refractivity contribution in [3.8, 4) is 0 Å². The number of anilines is 1. The fourth-order valence-electron chi connectivity index (χ4n) is 4.35. The second-order valence-corrected chi connectivity index (χ2v) is 7.75. The van der Waals surface area contributed by atoms with Crippen LogP contribution in [0.1, 0.15) is 48.4 Å². The third-order valence-electron chi connectivity index (χ3n) is 5.95. The average molecular weight is 348 g/mol. The summed E-state index contributed by atoms with van der Waals surface area (Å²) in [6, 6.07) is 17.5. The van der Waals surface area contributed by atoms with E-state index in [1.807, 2.05) is 0 Å². The van der Waals surface area contributed by atoms with Crippen molar-refractivity contribution in [2.45, 2.75) is 45.1 Å². The molecule has 2 aromatic carbocycles. The van der Waals surface area contributed by atoms with Gasteiger partial charge in [0.05, 0.1) is 6.04 Å². The number of nitrogens with zero attached hydrogens (tertiary/aromatic N) is 1. The zero-order chi connectivity index (χ0) is 17.9. The summed E-state index contributed by atoms with van der Waals surface area (Å²) in [6.07, 6.45) is 5.23. The number of hydrogen-bond donors (Lipinski definition) is 1. The van der Waals surface area contributed by atoms with Crippen LogP contribution in [-0.2, 0) is 11.2 Å². The number of hydrogen-bond acceptors (Lipinski definition) is 2. The second kappa shape index (κ2) is 7.53. The van der Waals surface area contributed by atoms with Crippen molar-refractivity contribution in [1.29, 1.82) is 0 Å². The van der Waals surface area contributed by atoms with Crippen LogP contribution in [0.2, 0.25) is 0 Å². The number of nitrogens with one attached hydrogen (secondary N) is 1. The Kier molecular flexibility index (Phi) is 4.96. The Bertz CT molecular complexity index is 760. The number of carbonyl (C=O) groups excluding carboxylic acids is 1. The van der Waals surface area contributed by atoms with E-state index in [0.29, 0.717) is 0 Å². The monoisotopic (exact) mass is 348 g/mol. The van der Waals surface area contributed by atoms with Crippen molar-refractivity contribution < 1.29 is 4.79 Å². The van der Waals surface area contributed by atoms with Crippen molar-refractivity contribution >= 4 is 11.6 Å². The number of rotatable bonds is 3. The summed E-state index contributed by atoms with van der Waals surface area (Å²) >= 11 is 0. The van der Waals surface area contributed by atoms with Gasteiger partial charge in [0.25, 0.3) is 0 Å². The molecule has 1 heterocycles. The molecule has 0 radical (unpaired) electrons. The summed E-state index contributed by atoms with van der Waals surface area (Å²) in [6.45, 7) is 4.04. The lowest BCUT2D eigenvalue weighted by Crippen LogP contribution is -2.42. The van der Waals surface area contributed by atoms with Crippen LogP contribution in [0.3, 0.4) is 0 Å². The van der Waals surface area contributed by atoms with Crippen LogP contribution in [0.5, 0.6) is 0 Å². The van der Waals surface area contributed by atoms with Gasteiger partial charge in [-0.3, -0.25) is 4.79 Å². The highest BCUT2D eigenvalue weighted by Crippen LogP contribution is 2.30. The van der Waals surface area contributed by atoms with Crippen LogP contribution >= 0.6 is 0 Å². The molecule has 2 aliphatic rings. The average Bonchev–Trinajstić information content (AvgIpc) is 2.69. The predicted octanol–water partition coefficient (Wildman–Crippen LogP) is 4.41. The fourth-order valence-corrected chi connectivity index (χ4v) is 4.35. The molecule has 0 bridgehead atoms. The second-order valence-electron chi connectivity index (χ2n) is 7.75. The molecular formula is C23H28N2O. The molecule has 136 valence electrons. The van der Waals surface area contributed by atoms with Gasteiger partial charge in [-0.05, 0) is 62.3 Å². The first-order chi connectivity index (χ1) is 12.7. The van der Waals surface area contributed by atoms with Crippen LogP contribution < -0.4 is 10.2 Å². The van der Waals surface area contributed by atoms with E-state index in [9.17, 15) is 4.79 Å². The highest BCUT2D eigenvalue weighted by Gasteiger charge is 2.28. The summed E-state index contributed by atoms with van der Waals surface area (Å²) in [4.78, 5) is 15.2. The summed E-state index contributed by atoms with van der Waals surface area (Å²) in [5.41, 5.74) is 5.29. The van der Waals surface area contributed by atoms with Crippen LogP contribution in [0, 0.1) is 12.8 Å². The first-order valence-electron chi connectivity index (χ1n) is 9.90. The first kappa shape index (κ1) is 17.1. The Morgan fingerprint density at radius 3 is 2.50 bits per heavy atom.